The quantitative estimate of drug-likeness (QED) is 0.111. The lowest BCUT2D eigenvalue weighted by molar-refractivity contribution is -0.136. The number of carbonyl (C=O) groups is 1. The van der Waals surface area contributed by atoms with Crippen molar-refractivity contribution in [3.05, 3.63) is 131 Å². The van der Waals surface area contributed by atoms with Gasteiger partial charge in [-0.05, 0) is 77.8 Å². The maximum absolute atomic E-state index is 11.1. The van der Waals surface area contributed by atoms with Gasteiger partial charge in [-0.25, -0.2) is 0 Å². The molecule has 0 saturated carbocycles. The zero-order valence-corrected chi connectivity index (χ0v) is 29.8. The topological polar surface area (TPSA) is 77.0 Å². The van der Waals surface area contributed by atoms with Crippen LogP contribution in [0.4, 0.5) is 0 Å². The molecule has 4 rings (SSSR count). The van der Waals surface area contributed by atoms with Gasteiger partial charge < -0.3 is 24.3 Å². The predicted molar refractivity (Wildman–Crippen MR) is 193 cm³/mol. The number of ether oxygens (including phenoxy) is 2. The van der Waals surface area contributed by atoms with Gasteiger partial charge in [0.25, 0.3) is 0 Å². The first-order valence-electron chi connectivity index (χ1n) is 16.6. The Morgan fingerprint density at radius 1 is 0.766 bits per heavy atom. The highest BCUT2D eigenvalue weighted by Crippen LogP contribution is 2.40. The number of benzene rings is 4. The zero-order valence-electron chi connectivity index (χ0n) is 28.8. The van der Waals surface area contributed by atoms with E-state index in [0.717, 1.165) is 40.2 Å². The minimum absolute atomic E-state index is 0.0291. The van der Waals surface area contributed by atoms with E-state index in [2.05, 4.69) is 94.6 Å². The Morgan fingerprint density at radius 3 is 1.83 bits per heavy atom. The molecule has 4 aromatic carbocycles. The van der Waals surface area contributed by atoms with Crippen LogP contribution in [0.5, 0.6) is 11.5 Å². The van der Waals surface area contributed by atoms with Gasteiger partial charge in [0.1, 0.15) is 24.7 Å². The Morgan fingerprint density at radius 2 is 1.30 bits per heavy atom. The Hall–Kier alpha value is -3.91. The van der Waals surface area contributed by atoms with Gasteiger partial charge in [-0.3, -0.25) is 4.79 Å². The molecule has 47 heavy (non-hydrogen) atoms. The average molecular weight is 654 g/mol. The summed E-state index contributed by atoms with van der Waals surface area (Å²) >= 11 is 0. The van der Waals surface area contributed by atoms with Gasteiger partial charge in [-0.2, -0.15) is 0 Å². The number of carboxylic acid groups (broad SMARTS) is 1. The molecule has 0 saturated heterocycles. The van der Waals surface area contributed by atoms with Crippen molar-refractivity contribution in [2.24, 2.45) is 0 Å². The third kappa shape index (κ3) is 11.7. The summed E-state index contributed by atoms with van der Waals surface area (Å²) in [5.74, 6) is 0.704. The van der Waals surface area contributed by atoms with Crippen LogP contribution < -0.4 is 14.8 Å². The summed E-state index contributed by atoms with van der Waals surface area (Å²) in [5.41, 5.74) is 5.44. The van der Waals surface area contributed by atoms with Gasteiger partial charge in [0, 0.05) is 25.1 Å². The molecule has 4 aromatic rings. The van der Waals surface area contributed by atoms with Crippen molar-refractivity contribution in [3.63, 3.8) is 0 Å². The van der Waals surface area contributed by atoms with E-state index in [1.807, 2.05) is 54.6 Å². The van der Waals surface area contributed by atoms with Crippen LogP contribution in [0.25, 0.3) is 0 Å². The molecule has 0 heterocycles. The van der Waals surface area contributed by atoms with E-state index in [1.54, 1.807) is 0 Å². The molecule has 0 aromatic heterocycles. The van der Waals surface area contributed by atoms with Crippen molar-refractivity contribution in [2.45, 2.75) is 90.4 Å². The molecule has 2 unspecified atom stereocenters. The van der Waals surface area contributed by atoms with Gasteiger partial charge in [0.15, 0.2) is 8.32 Å². The largest absolute Gasteiger partial charge is 0.489 e. The Balaban J connectivity index is 1.57. The van der Waals surface area contributed by atoms with Gasteiger partial charge in [-0.15, -0.1) is 0 Å². The second-order valence-electron chi connectivity index (χ2n) is 13.9. The highest BCUT2D eigenvalue weighted by molar-refractivity contribution is 6.74. The molecule has 0 fully saturated rings. The van der Waals surface area contributed by atoms with Crippen LogP contribution in [0, 0.1) is 0 Å². The molecular weight excluding hydrogens is 603 g/mol. The number of rotatable bonds is 17. The number of hydrogen-bond donors (Lipinski definition) is 2. The maximum atomic E-state index is 11.1. The minimum Gasteiger partial charge on any atom is -0.489 e. The molecule has 0 aliphatic rings. The second kappa shape index (κ2) is 16.8. The molecule has 0 bridgehead atoms. The lowest BCUT2D eigenvalue weighted by Gasteiger charge is -2.40. The van der Waals surface area contributed by atoms with Gasteiger partial charge in [0.05, 0.1) is 6.10 Å². The summed E-state index contributed by atoms with van der Waals surface area (Å²) in [7, 11) is -2.17. The van der Waals surface area contributed by atoms with Crippen molar-refractivity contribution in [1.82, 2.24) is 5.32 Å². The highest BCUT2D eigenvalue weighted by Gasteiger charge is 2.39. The van der Waals surface area contributed by atoms with Crippen molar-refractivity contribution < 1.29 is 23.8 Å². The predicted octanol–water partition coefficient (Wildman–Crippen LogP) is 9.15. The van der Waals surface area contributed by atoms with Crippen LogP contribution in [0.2, 0.25) is 18.1 Å². The van der Waals surface area contributed by atoms with Crippen LogP contribution in [0.15, 0.2) is 103 Å². The molecule has 0 spiro atoms. The Kier molecular flexibility index (Phi) is 12.8. The van der Waals surface area contributed by atoms with Crippen molar-refractivity contribution >= 4 is 14.3 Å². The van der Waals surface area contributed by atoms with Crippen LogP contribution in [-0.4, -0.2) is 32.0 Å². The number of hydrogen-bond acceptors (Lipinski definition) is 5. The number of aliphatic carboxylic acids is 1. The Bertz CT molecular complexity index is 1490. The molecule has 0 aliphatic carbocycles. The van der Waals surface area contributed by atoms with E-state index < -0.39 is 14.3 Å². The third-order valence-electron chi connectivity index (χ3n) is 8.83. The molecule has 6 nitrogen and oxygen atoms in total. The number of nitrogens with one attached hydrogen (secondary N) is 1. The van der Waals surface area contributed by atoms with Crippen molar-refractivity contribution in [1.29, 1.82) is 0 Å². The summed E-state index contributed by atoms with van der Waals surface area (Å²) in [6.45, 7) is 15.1. The second-order valence-corrected chi connectivity index (χ2v) is 18.6. The first-order valence-corrected chi connectivity index (χ1v) is 19.5. The molecule has 7 heteroatoms. The monoisotopic (exact) mass is 653 g/mol. The molecule has 2 N–H and O–H groups in total. The summed E-state index contributed by atoms with van der Waals surface area (Å²) < 4.78 is 19.8. The van der Waals surface area contributed by atoms with E-state index in [0.29, 0.717) is 26.2 Å². The van der Waals surface area contributed by atoms with Crippen LogP contribution in [0.3, 0.4) is 0 Å². The van der Waals surface area contributed by atoms with E-state index in [1.165, 1.54) is 5.56 Å². The summed E-state index contributed by atoms with van der Waals surface area (Å²) in [5, 5.41) is 12.9. The highest BCUT2D eigenvalue weighted by atomic mass is 28.4. The van der Waals surface area contributed by atoms with E-state index >= 15 is 0 Å². The first-order chi connectivity index (χ1) is 22.4. The van der Waals surface area contributed by atoms with Crippen molar-refractivity contribution in [3.8, 4) is 11.5 Å². The van der Waals surface area contributed by atoms with E-state index in [9.17, 15) is 4.79 Å². The molecule has 0 radical (unpaired) electrons. The van der Waals surface area contributed by atoms with Crippen molar-refractivity contribution in [2.75, 3.05) is 6.54 Å². The number of carboxylic acids is 1. The lowest BCUT2D eigenvalue weighted by atomic mass is 10.0. The molecule has 0 amide bonds. The summed E-state index contributed by atoms with van der Waals surface area (Å²) in [6, 6.07) is 34.9. The van der Waals surface area contributed by atoms with Crippen LogP contribution in [-0.2, 0) is 35.3 Å². The molecular formula is C40H51NO5Si. The Labute approximate surface area is 282 Å². The average Bonchev–Trinajstić information content (AvgIpc) is 3.04. The number of aryl methyl sites for hydroxylation is 1. The van der Waals surface area contributed by atoms with E-state index in [4.69, 9.17) is 19.0 Å². The van der Waals surface area contributed by atoms with Crippen LogP contribution >= 0.6 is 0 Å². The fourth-order valence-electron chi connectivity index (χ4n) is 5.09. The summed E-state index contributed by atoms with van der Waals surface area (Å²) in [6.07, 6.45) is 1.26. The third-order valence-corrected chi connectivity index (χ3v) is 13.3. The SMILES string of the molecule is CC(Cc1cccc(CCC(=O)O)c1)NCC(O[Si](C)(C)C(C)(C)C)c1cc(OCc2ccccc2)cc(OCc2ccccc2)c1. The summed E-state index contributed by atoms with van der Waals surface area (Å²) in [4.78, 5) is 11.1. The normalized spacial score (nSPS) is 13.1. The lowest BCUT2D eigenvalue weighted by Crippen LogP contribution is -2.44. The molecule has 0 aliphatic heterocycles. The standard InChI is InChI=1S/C40H51NO5Si/c1-30(22-34-19-13-18-31(23-34)20-21-39(42)43)41-27-38(46-47(5,6)40(2,3)4)35-24-36(44-28-32-14-9-7-10-15-32)26-37(25-35)45-29-33-16-11-8-12-17-33/h7-19,23-26,30,38,41H,20-22,27-29H2,1-6H3,(H,42,43). The maximum Gasteiger partial charge on any atom is 0.303 e. The molecule has 2 atom stereocenters. The van der Waals surface area contributed by atoms with Gasteiger partial charge in [-0.1, -0.05) is 106 Å². The van der Waals surface area contributed by atoms with Crippen LogP contribution in [0.1, 0.15) is 68.0 Å². The smallest absolute Gasteiger partial charge is 0.303 e. The fraction of sp³-hybridized carbons (Fsp3) is 0.375. The van der Waals surface area contributed by atoms with Gasteiger partial charge in [0.2, 0.25) is 0 Å². The fourth-order valence-corrected chi connectivity index (χ4v) is 6.37. The molecule has 250 valence electrons. The zero-order chi connectivity index (χ0) is 33.9. The van der Waals surface area contributed by atoms with Gasteiger partial charge >= 0.3 is 5.97 Å². The van der Waals surface area contributed by atoms with E-state index in [-0.39, 0.29) is 23.6 Å². The first kappa shape index (κ1) is 35.9. The minimum atomic E-state index is -2.17.